The summed E-state index contributed by atoms with van der Waals surface area (Å²) in [6.07, 6.45) is 0. The highest BCUT2D eigenvalue weighted by Crippen LogP contribution is 2.22. The predicted molar refractivity (Wildman–Crippen MR) is 96.1 cm³/mol. The van der Waals surface area contributed by atoms with Gasteiger partial charge in [0.05, 0.1) is 18.6 Å². The molecule has 0 amide bonds. The monoisotopic (exact) mass is 373 g/mol. The number of hydrogen-bond acceptors (Lipinski definition) is 6. The average molecular weight is 373 g/mol. The molecule has 1 heterocycles. The molecule has 0 aliphatic heterocycles. The number of rotatable bonds is 6. The number of ether oxygens (including phenoxy) is 1. The SMILES string of the molecule is COc1ccc(-c2nnc(CN(C)S(=O)(=O)c3ccc(C)cc3)o2)cc1. The van der Waals surface area contributed by atoms with Crippen LogP contribution in [0.15, 0.2) is 57.8 Å². The highest BCUT2D eigenvalue weighted by atomic mass is 32.2. The lowest BCUT2D eigenvalue weighted by atomic mass is 10.2. The van der Waals surface area contributed by atoms with Crippen LogP contribution >= 0.6 is 0 Å². The molecule has 0 fully saturated rings. The fraction of sp³-hybridized carbons (Fsp3) is 0.222. The van der Waals surface area contributed by atoms with Crippen LogP contribution in [0, 0.1) is 6.92 Å². The second-order valence-electron chi connectivity index (χ2n) is 5.80. The van der Waals surface area contributed by atoms with Gasteiger partial charge in [-0.2, -0.15) is 4.31 Å². The summed E-state index contributed by atoms with van der Waals surface area (Å²) in [5.41, 5.74) is 1.72. The van der Waals surface area contributed by atoms with E-state index in [-0.39, 0.29) is 17.3 Å². The van der Waals surface area contributed by atoms with Crippen LogP contribution in [0.2, 0.25) is 0 Å². The van der Waals surface area contributed by atoms with Crippen LogP contribution in [0.4, 0.5) is 0 Å². The maximum Gasteiger partial charge on any atom is 0.247 e. The molecule has 0 aliphatic carbocycles. The number of nitrogens with zero attached hydrogens (tertiary/aromatic N) is 3. The molecule has 0 saturated carbocycles. The second-order valence-corrected chi connectivity index (χ2v) is 7.85. The summed E-state index contributed by atoms with van der Waals surface area (Å²) in [4.78, 5) is 0.223. The summed E-state index contributed by atoms with van der Waals surface area (Å²) in [6.45, 7) is 1.89. The largest absolute Gasteiger partial charge is 0.497 e. The highest BCUT2D eigenvalue weighted by molar-refractivity contribution is 7.89. The average Bonchev–Trinajstić information content (AvgIpc) is 3.10. The fourth-order valence-corrected chi connectivity index (χ4v) is 3.45. The Morgan fingerprint density at radius 1 is 1.04 bits per heavy atom. The zero-order valence-electron chi connectivity index (χ0n) is 14.7. The van der Waals surface area contributed by atoms with Crippen molar-refractivity contribution in [3.8, 4) is 17.2 Å². The molecule has 3 rings (SSSR count). The summed E-state index contributed by atoms with van der Waals surface area (Å²) < 4.78 is 37.1. The van der Waals surface area contributed by atoms with E-state index in [9.17, 15) is 8.42 Å². The second kappa shape index (κ2) is 7.27. The van der Waals surface area contributed by atoms with E-state index in [0.717, 1.165) is 16.9 Å². The van der Waals surface area contributed by atoms with Gasteiger partial charge in [-0.1, -0.05) is 17.7 Å². The third-order valence-electron chi connectivity index (χ3n) is 3.89. The van der Waals surface area contributed by atoms with Gasteiger partial charge < -0.3 is 9.15 Å². The van der Waals surface area contributed by atoms with Gasteiger partial charge in [0.25, 0.3) is 0 Å². The Morgan fingerprint density at radius 3 is 2.31 bits per heavy atom. The van der Waals surface area contributed by atoms with E-state index in [1.807, 2.05) is 6.92 Å². The molecule has 26 heavy (non-hydrogen) atoms. The normalized spacial score (nSPS) is 11.7. The van der Waals surface area contributed by atoms with Crippen LogP contribution in [-0.4, -0.2) is 37.1 Å². The van der Waals surface area contributed by atoms with E-state index in [1.54, 1.807) is 55.6 Å². The number of hydrogen-bond donors (Lipinski definition) is 0. The van der Waals surface area contributed by atoms with Crippen molar-refractivity contribution in [1.29, 1.82) is 0 Å². The third kappa shape index (κ3) is 3.76. The quantitative estimate of drug-likeness (QED) is 0.660. The number of aryl methyl sites for hydroxylation is 1. The molecule has 3 aromatic rings. The highest BCUT2D eigenvalue weighted by Gasteiger charge is 2.23. The molecule has 136 valence electrons. The number of sulfonamides is 1. The van der Waals surface area contributed by atoms with Crippen molar-refractivity contribution in [2.24, 2.45) is 0 Å². The van der Waals surface area contributed by atoms with E-state index >= 15 is 0 Å². The minimum atomic E-state index is -3.63. The van der Waals surface area contributed by atoms with Crippen LogP contribution in [-0.2, 0) is 16.6 Å². The van der Waals surface area contributed by atoms with E-state index in [4.69, 9.17) is 9.15 Å². The smallest absolute Gasteiger partial charge is 0.247 e. The molecular formula is C18H19N3O4S. The number of benzene rings is 2. The summed E-state index contributed by atoms with van der Waals surface area (Å²) in [7, 11) is -0.563. The van der Waals surface area contributed by atoms with Crippen LogP contribution in [0.25, 0.3) is 11.5 Å². The van der Waals surface area contributed by atoms with Gasteiger partial charge in [-0.15, -0.1) is 10.2 Å². The summed E-state index contributed by atoms with van der Waals surface area (Å²) in [6, 6.07) is 13.8. The van der Waals surface area contributed by atoms with Crippen molar-refractivity contribution >= 4 is 10.0 Å². The molecule has 0 atom stereocenters. The van der Waals surface area contributed by atoms with Crippen LogP contribution in [0.3, 0.4) is 0 Å². The summed E-state index contributed by atoms with van der Waals surface area (Å²) >= 11 is 0. The predicted octanol–water partition coefficient (Wildman–Crippen LogP) is 2.87. The van der Waals surface area contributed by atoms with E-state index in [0.29, 0.717) is 5.89 Å². The first-order valence-corrected chi connectivity index (χ1v) is 9.34. The molecule has 7 nitrogen and oxygen atoms in total. The fourth-order valence-electron chi connectivity index (χ4n) is 2.33. The summed E-state index contributed by atoms with van der Waals surface area (Å²) in [5, 5.41) is 7.92. The first kappa shape index (κ1) is 18.1. The maximum atomic E-state index is 12.6. The van der Waals surface area contributed by atoms with Gasteiger partial charge in [0, 0.05) is 12.6 Å². The Kier molecular flexibility index (Phi) is 5.06. The van der Waals surface area contributed by atoms with Crippen molar-refractivity contribution < 1.29 is 17.6 Å². The maximum absolute atomic E-state index is 12.6. The van der Waals surface area contributed by atoms with Crippen LogP contribution in [0.1, 0.15) is 11.5 Å². The molecule has 8 heteroatoms. The lowest BCUT2D eigenvalue weighted by Crippen LogP contribution is -2.26. The van der Waals surface area contributed by atoms with Gasteiger partial charge in [-0.05, 0) is 43.3 Å². The van der Waals surface area contributed by atoms with E-state index in [1.165, 1.54) is 11.4 Å². The van der Waals surface area contributed by atoms with Gasteiger partial charge in [0.2, 0.25) is 21.8 Å². The molecule has 0 saturated heterocycles. The van der Waals surface area contributed by atoms with Crippen molar-refractivity contribution in [1.82, 2.24) is 14.5 Å². The molecule has 0 aliphatic rings. The third-order valence-corrected chi connectivity index (χ3v) is 5.71. The van der Waals surface area contributed by atoms with Gasteiger partial charge in [0.15, 0.2) is 0 Å². The van der Waals surface area contributed by atoms with Gasteiger partial charge in [0.1, 0.15) is 5.75 Å². The Balaban J connectivity index is 1.76. The minimum Gasteiger partial charge on any atom is -0.497 e. The minimum absolute atomic E-state index is 0.0145. The lowest BCUT2D eigenvalue weighted by molar-refractivity contribution is 0.399. The van der Waals surface area contributed by atoms with E-state index in [2.05, 4.69) is 10.2 Å². The first-order valence-electron chi connectivity index (χ1n) is 7.90. The van der Waals surface area contributed by atoms with Gasteiger partial charge in [-0.25, -0.2) is 8.42 Å². The molecule has 2 aromatic carbocycles. The Hall–Kier alpha value is -2.71. The van der Waals surface area contributed by atoms with Gasteiger partial charge in [-0.3, -0.25) is 0 Å². The molecule has 1 aromatic heterocycles. The van der Waals surface area contributed by atoms with Crippen molar-refractivity contribution in [3.63, 3.8) is 0 Å². The Bertz CT molecular complexity index is 980. The molecule has 0 bridgehead atoms. The molecule has 0 spiro atoms. The van der Waals surface area contributed by atoms with Gasteiger partial charge >= 0.3 is 0 Å². The Labute approximate surface area is 152 Å². The first-order chi connectivity index (χ1) is 12.4. The molecule has 0 N–H and O–H groups in total. The zero-order chi connectivity index (χ0) is 18.7. The number of methoxy groups -OCH3 is 1. The molecule has 0 unspecified atom stereocenters. The summed E-state index contributed by atoms with van der Waals surface area (Å²) in [5.74, 6) is 1.26. The molecule has 0 radical (unpaired) electrons. The number of aromatic nitrogens is 2. The Morgan fingerprint density at radius 2 is 1.69 bits per heavy atom. The lowest BCUT2D eigenvalue weighted by Gasteiger charge is -2.15. The van der Waals surface area contributed by atoms with Crippen LogP contribution in [0.5, 0.6) is 5.75 Å². The topological polar surface area (TPSA) is 85.5 Å². The van der Waals surface area contributed by atoms with Crippen molar-refractivity contribution in [3.05, 3.63) is 60.0 Å². The van der Waals surface area contributed by atoms with Crippen molar-refractivity contribution in [2.45, 2.75) is 18.4 Å². The van der Waals surface area contributed by atoms with Crippen molar-refractivity contribution in [2.75, 3.05) is 14.2 Å². The van der Waals surface area contributed by atoms with E-state index < -0.39 is 10.0 Å². The molecular weight excluding hydrogens is 354 g/mol. The zero-order valence-corrected chi connectivity index (χ0v) is 15.5. The van der Waals surface area contributed by atoms with Crippen LogP contribution < -0.4 is 4.74 Å². The standard InChI is InChI=1S/C18H19N3O4S/c1-13-4-10-16(11-5-13)26(22,23)21(2)12-17-19-20-18(25-17)14-6-8-15(24-3)9-7-14/h4-11H,12H2,1-3H3.